The van der Waals surface area contributed by atoms with Crippen molar-refractivity contribution >= 4 is 27.5 Å². The normalized spacial score (nSPS) is 11.0. The van der Waals surface area contributed by atoms with Crippen LogP contribution >= 0.6 is 11.3 Å². The van der Waals surface area contributed by atoms with Crippen LogP contribution in [0.3, 0.4) is 0 Å². The molecule has 3 rings (SSSR count). The summed E-state index contributed by atoms with van der Waals surface area (Å²) in [6, 6.07) is 5.94. The molecule has 0 fully saturated rings. The fraction of sp³-hybridized carbons (Fsp3) is 0.235. The fourth-order valence-electron chi connectivity index (χ4n) is 2.47. The number of carbonyl (C=O) groups excluding carboxylic acids is 1. The van der Waals surface area contributed by atoms with Crippen LogP contribution in [-0.4, -0.2) is 15.5 Å². The van der Waals surface area contributed by atoms with E-state index in [-0.39, 0.29) is 17.3 Å². The second-order valence-corrected chi connectivity index (χ2v) is 6.38. The Kier molecular flexibility index (Phi) is 4.44. The van der Waals surface area contributed by atoms with Crippen LogP contribution in [0, 0.1) is 12.7 Å². The van der Waals surface area contributed by atoms with Gasteiger partial charge in [-0.15, -0.1) is 11.3 Å². The third kappa shape index (κ3) is 2.94. The van der Waals surface area contributed by atoms with Gasteiger partial charge in [0.05, 0.1) is 16.6 Å². The van der Waals surface area contributed by atoms with Crippen molar-refractivity contribution in [1.82, 2.24) is 14.9 Å². The summed E-state index contributed by atoms with van der Waals surface area (Å²) in [7, 11) is 0. The van der Waals surface area contributed by atoms with E-state index in [9.17, 15) is 14.0 Å². The van der Waals surface area contributed by atoms with Crippen LogP contribution in [0.5, 0.6) is 0 Å². The first-order valence-corrected chi connectivity index (χ1v) is 8.34. The first-order valence-electron chi connectivity index (χ1n) is 7.52. The Bertz CT molecular complexity index is 960. The van der Waals surface area contributed by atoms with E-state index in [4.69, 9.17) is 0 Å². The fourth-order valence-corrected chi connectivity index (χ4v) is 3.52. The van der Waals surface area contributed by atoms with Gasteiger partial charge in [-0.1, -0.05) is 12.1 Å². The molecule has 1 amide bonds. The molecule has 0 aliphatic heterocycles. The van der Waals surface area contributed by atoms with Crippen LogP contribution in [0.1, 0.15) is 27.7 Å². The second-order valence-electron chi connectivity index (χ2n) is 5.38. The molecule has 0 atom stereocenters. The predicted molar refractivity (Wildman–Crippen MR) is 91.9 cm³/mol. The summed E-state index contributed by atoms with van der Waals surface area (Å²) in [4.78, 5) is 30.1. The third-order valence-electron chi connectivity index (χ3n) is 3.83. The third-order valence-corrected chi connectivity index (χ3v) is 5.03. The van der Waals surface area contributed by atoms with Crippen LogP contribution in [0.2, 0.25) is 0 Å². The van der Waals surface area contributed by atoms with Crippen LogP contribution in [0.4, 0.5) is 4.39 Å². The number of amides is 1. The van der Waals surface area contributed by atoms with E-state index in [1.165, 1.54) is 34.4 Å². The summed E-state index contributed by atoms with van der Waals surface area (Å²) in [5.74, 6) is -0.578. The average Bonchev–Trinajstić information content (AvgIpc) is 2.92. The van der Waals surface area contributed by atoms with E-state index < -0.39 is 0 Å². The largest absolute Gasteiger partial charge is 0.347 e. The number of nitrogens with zero attached hydrogens (tertiary/aromatic N) is 2. The van der Waals surface area contributed by atoms with Gasteiger partial charge in [0.25, 0.3) is 11.5 Å². The predicted octanol–water partition coefficient (Wildman–Crippen LogP) is 2.86. The maximum Gasteiger partial charge on any atom is 0.262 e. The summed E-state index contributed by atoms with van der Waals surface area (Å²) < 4.78 is 14.4. The van der Waals surface area contributed by atoms with Crippen molar-refractivity contribution in [2.24, 2.45) is 0 Å². The minimum absolute atomic E-state index is 0.131. The number of halogens is 1. The zero-order valence-electron chi connectivity index (χ0n) is 13.3. The molecular formula is C17H16FN3O2S. The SMILES string of the molecule is CCn1cnc2sc(C(=O)NCc3ccc(F)cc3)c(C)c2c1=O. The van der Waals surface area contributed by atoms with E-state index in [0.717, 1.165) is 5.56 Å². The van der Waals surface area contributed by atoms with Crippen LogP contribution < -0.4 is 10.9 Å². The zero-order valence-corrected chi connectivity index (χ0v) is 14.1. The van der Waals surface area contributed by atoms with E-state index in [0.29, 0.717) is 33.7 Å². The minimum atomic E-state index is -0.316. The quantitative estimate of drug-likeness (QED) is 0.791. The Labute approximate surface area is 141 Å². The lowest BCUT2D eigenvalue weighted by molar-refractivity contribution is 0.0954. The van der Waals surface area contributed by atoms with Gasteiger partial charge in [-0.2, -0.15) is 0 Å². The molecule has 124 valence electrons. The molecule has 0 saturated heterocycles. The Hall–Kier alpha value is -2.54. The maximum absolute atomic E-state index is 12.9. The number of aromatic nitrogens is 2. The van der Waals surface area contributed by atoms with E-state index >= 15 is 0 Å². The maximum atomic E-state index is 12.9. The minimum Gasteiger partial charge on any atom is -0.347 e. The number of carbonyl (C=O) groups is 1. The van der Waals surface area contributed by atoms with Gasteiger partial charge in [0.15, 0.2) is 0 Å². The van der Waals surface area contributed by atoms with Gasteiger partial charge in [0.2, 0.25) is 0 Å². The topological polar surface area (TPSA) is 64.0 Å². The van der Waals surface area contributed by atoms with Gasteiger partial charge in [0, 0.05) is 13.1 Å². The highest BCUT2D eigenvalue weighted by atomic mass is 32.1. The monoisotopic (exact) mass is 345 g/mol. The van der Waals surface area contributed by atoms with Gasteiger partial charge in [-0.05, 0) is 37.1 Å². The molecule has 0 radical (unpaired) electrons. The molecule has 24 heavy (non-hydrogen) atoms. The lowest BCUT2D eigenvalue weighted by Crippen LogP contribution is -2.23. The van der Waals surface area contributed by atoms with Gasteiger partial charge in [-0.25, -0.2) is 9.37 Å². The summed E-state index contributed by atoms with van der Waals surface area (Å²) in [5.41, 5.74) is 1.32. The number of aryl methyl sites for hydroxylation is 2. The number of hydrogen-bond acceptors (Lipinski definition) is 4. The first kappa shape index (κ1) is 16.3. The molecule has 2 heterocycles. The van der Waals surface area contributed by atoms with Crippen LogP contribution in [0.25, 0.3) is 10.2 Å². The van der Waals surface area contributed by atoms with Crippen molar-refractivity contribution < 1.29 is 9.18 Å². The van der Waals surface area contributed by atoms with Crippen LogP contribution in [0.15, 0.2) is 35.4 Å². The summed E-state index contributed by atoms with van der Waals surface area (Å²) >= 11 is 1.21. The summed E-state index contributed by atoms with van der Waals surface area (Å²) in [6.45, 7) is 4.45. The molecule has 1 N–H and O–H groups in total. The summed E-state index contributed by atoms with van der Waals surface area (Å²) in [6.07, 6.45) is 1.50. The number of fused-ring (bicyclic) bond motifs is 1. The van der Waals surface area contributed by atoms with Crippen molar-refractivity contribution in [2.75, 3.05) is 0 Å². The Morgan fingerprint density at radius 3 is 2.71 bits per heavy atom. The van der Waals surface area contributed by atoms with Crippen molar-refractivity contribution in [1.29, 1.82) is 0 Å². The molecule has 0 saturated carbocycles. The van der Waals surface area contributed by atoms with Crippen molar-refractivity contribution in [3.05, 3.63) is 62.8 Å². The Morgan fingerprint density at radius 2 is 2.04 bits per heavy atom. The highest BCUT2D eigenvalue weighted by molar-refractivity contribution is 7.20. The Balaban J connectivity index is 1.87. The molecule has 5 nitrogen and oxygen atoms in total. The molecule has 0 aliphatic carbocycles. The molecule has 0 spiro atoms. The molecular weight excluding hydrogens is 329 g/mol. The number of thiophene rings is 1. The van der Waals surface area contributed by atoms with E-state index in [1.807, 2.05) is 6.92 Å². The lowest BCUT2D eigenvalue weighted by atomic mass is 10.2. The standard InChI is InChI=1S/C17H16FN3O2S/c1-3-21-9-20-16-13(17(21)23)10(2)14(24-16)15(22)19-8-11-4-6-12(18)7-5-11/h4-7,9H,3,8H2,1-2H3,(H,19,22). The van der Waals surface area contributed by atoms with Crippen LogP contribution in [-0.2, 0) is 13.1 Å². The molecule has 7 heteroatoms. The molecule has 0 aliphatic rings. The average molecular weight is 345 g/mol. The number of rotatable bonds is 4. The molecule has 0 bridgehead atoms. The van der Waals surface area contributed by atoms with Gasteiger partial charge in [-0.3, -0.25) is 14.2 Å². The smallest absolute Gasteiger partial charge is 0.262 e. The number of benzene rings is 1. The second kappa shape index (κ2) is 6.52. The first-order chi connectivity index (χ1) is 11.5. The zero-order chi connectivity index (χ0) is 17.3. The lowest BCUT2D eigenvalue weighted by Gasteiger charge is -2.04. The highest BCUT2D eigenvalue weighted by Gasteiger charge is 2.19. The highest BCUT2D eigenvalue weighted by Crippen LogP contribution is 2.26. The van der Waals surface area contributed by atoms with E-state index in [1.54, 1.807) is 19.1 Å². The van der Waals surface area contributed by atoms with Gasteiger partial charge in [0.1, 0.15) is 10.6 Å². The number of nitrogens with one attached hydrogen (secondary N) is 1. The molecule has 3 aromatic rings. The van der Waals surface area contributed by atoms with Gasteiger partial charge < -0.3 is 5.32 Å². The molecule has 0 unspecified atom stereocenters. The van der Waals surface area contributed by atoms with Crippen molar-refractivity contribution in [2.45, 2.75) is 26.9 Å². The van der Waals surface area contributed by atoms with Crippen molar-refractivity contribution in [3.63, 3.8) is 0 Å². The summed E-state index contributed by atoms with van der Waals surface area (Å²) in [5, 5.41) is 3.29. The van der Waals surface area contributed by atoms with Crippen molar-refractivity contribution in [3.8, 4) is 0 Å². The molecule has 2 aromatic heterocycles. The van der Waals surface area contributed by atoms with E-state index in [2.05, 4.69) is 10.3 Å². The Morgan fingerprint density at radius 1 is 1.33 bits per heavy atom. The number of hydrogen-bond donors (Lipinski definition) is 1. The molecule has 1 aromatic carbocycles. The van der Waals surface area contributed by atoms with Gasteiger partial charge >= 0.3 is 0 Å².